The molecule has 0 aliphatic heterocycles. The van der Waals surface area contributed by atoms with E-state index in [1.54, 1.807) is 4.68 Å². The molecule has 6 rings (SSSR count). The lowest BCUT2D eigenvalue weighted by molar-refractivity contribution is 0.853. The Morgan fingerprint density at radius 2 is 1.33 bits per heavy atom. The van der Waals surface area contributed by atoms with Gasteiger partial charge in [0.25, 0.3) is 5.56 Å². The lowest BCUT2D eigenvalue weighted by Gasteiger charge is -2.05. The lowest BCUT2D eigenvalue weighted by atomic mass is 10.2. The first kappa shape index (κ1) is 23.7. The molecule has 6 aromatic rings. The highest BCUT2D eigenvalue weighted by Gasteiger charge is 2.26. The Morgan fingerprint density at radius 1 is 0.769 bits per heavy atom. The second-order valence-corrected chi connectivity index (χ2v) is 8.69. The monoisotopic (exact) mass is 512 g/mol. The topological polar surface area (TPSA) is 119 Å². The summed E-state index contributed by atoms with van der Waals surface area (Å²) < 4.78 is 3.12. The van der Waals surface area contributed by atoms with Gasteiger partial charge in [0.15, 0.2) is 5.82 Å². The third kappa shape index (κ3) is 4.72. The third-order valence-corrected chi connectivity index (χ3v) is 6.09. The number of aromatic amines is 1. The molecule has 0 aliphatic carbocycles. The van der Waals surface area contributed by atoms with Gasteiger partial charge >= 0.3 is 0 Å². The van der Waals surface area contributed by atoms with Crippen LogP contribution >= 0.6 is 0 Å². The highest BCUT2D eigenvalue weighted by Crippen LogP contribution is 2.23. The Morgan fingerprint density at radius 3 is 1.97 bits per heavy atom. The van der Waals surface area contributed by atoms with Crippen LogP contribution in [-0.4, -0.2) is 30.3 Å². The molecular formula is C30H24N8O. The van der Waals surface area contributed by atoms with E-state index in [-0.39, 0.29) is 28.5 Å². The van der Waals surface area contributed by atoms with E-state index in [1.165, 1.54) is 4.68 Å². The zero-order valence-corrected chi connectivity index (χ0v) is 20.8. The molecular weight excluding hydrogens is 488 g/mol. The Balaban J connectivity index is 1.56. The van der Waals surface area contributed by atoms with Crippen LogP contribution in [0.3, 0.4) is 0 Å². The number of nitrogens with one attached hydrogen (secondary N) is 2. The molecule has 0 spiro atoms. The number of rotatable bonds is 7. The number of hydrogen-bond acceptors (Lipinski definition) is 6. The third-order valence-electron chi connectivity index (χ3n) is 6.09. The Labute approximate surface area is 223 Å². The van der Waals surface area contributed by atoms with Gasteiger partial charge in [-0.05, 0) is 36.4 Å². The van der Waals surface area contributed by atoms with E-state index in [4.69, 9.17) is 15.8 Å². The van der Waals surface area contributed by atoms with Crippen LogP contribution in [0.2, 0.25) is 0 Å². The van der Waals surface area contributed by atoms with Gasteiger partial charge in [0.2, 0.25) is 5.82 Å². The maximum atomic E-state index is 13.7. The van der Waals surface area contributed by atoms with Crippen molar-refractivity contribution in [1.29, 1.82) is 0 Å². The van der Waals surface area contributed by atoms with Crippen LogP contribution < -0.4 is 16.7 Å². The number of H-pyrrole nitrogens is 1. The van der Waals surface area contributed by atoms with E-state index in [0.29, 0.717) is 11.5 Å². The van der Waals surface area contributed by atoms with Gasteiger partial charge in [0.05, 0.1) is 17.1 Å². The number of hydrogen-bond donors (Lipinski definition) is 3. The number of para-hydroxylation sites is 3. The first-order valence-electron chi connectivity index (χ1n) is 12.3. The van der Waals surface area contributed by atoms with E-state index in [9.17, 15) is 4.79 Å². The van der Waals surface area contributed by atoms with E-state index >= 15 is 0 Å². The highest BCUT2D eigenvalue weighted by molar-refractivity contribution is 6.13. The molecule has 2 heterocycles. The zero-order valence-electron chi connectivity index (χ0n) is 20.8. The average Bonchev–Trinajstić information content (AvgIpc) is 3.57. The Hall–Kier alpha value is -5.70. The standard InChI is InChI=1S/C30H24N8O/c31-27-25(30(39)38(35-27)24-19-11-4-12-20-24)26(34-33-22-15-7-2-8-16-22)28-32-29(21-13-5-1-6-14-21)37(36-28)23-17-9-3-10-18-23/h1-20,33,35H,31H2/b34-26+. The molecule has 4 N–H and O–H groups in total. The fourth-order valence-electron chi connectivity index (χ4n) is 4.23. The predicted octanol–water partition coefficient (Wildman–Crippen LogP) is 4.86. The smallest absolute Gasteiger partial charge is 0.283 e. The summed E-state index contributed by atoms with van der Waals surface area (Å²) in [4.78, 5) is 18.6. The lowest BCUT2D eigenvalue weighted by Crippen LogP contribution is -2.23. The molecule has 0 saturated carbocycles. The summed E-state index contributed by atoms with van der Waals surface area (Å²) in [5.74, 6) is 0.987. The summed E-state index contributed by atoms with van der Waals surface area (Å²) in [5, 5.41) is 12.4. The number of nitrogens with zero attached hydrogens (tertiary/aromatic N) is 5. The molecule has 0 amide bonds. The minimum absolute atomic E-state index is 0.148. The van der Waals surface area contributed by atoms with Crippen molar-refractivity contribution in [2.24, 2.45) is 5.10 Å². The number of anilines is 2. The zero-order chi connectivity index (χ0) is 26.6. The van der Waals surface area contributed by atoms with Crippen LogP contribution in [0.4, 0.5) is 11.5 Å². The van der Waals surface area contributed by atoms with Crippen molar-refractivity contribution >= 4 is 17.2 Å². The SMILES string of the molecule is Nc1[nH]n(-c2ccccc2)c(=O)c1/C(=N\Nc1ccccc1)c1nc(-c2ccccc2)n(-c2ccccc2)n1. The summed E-state index contributed by atoms with van der Waals surface area (Å²) in [6, 6.07) is 38.0. The summed E-state index contributed by atoms with van der Waals surface area (Å²) in [6.45, 7) is 0. The number of aromatic nitrogens is 5. The molecule has 9 heteroatoms. The minimum atomic E-state index is -0.371. The van der Waals surface area contributed by atoms with Crippen molar-refractivity contribution in [3.05, 3.63) is 143 Å². The maximum absolute atomic E-state index is 13.7. The average molecular weight is 513 g/mol. The summed E-state index contributed by atoms with van der Waals surface area (Å²) in [6.07, 6.45) is 0. The molecule has 0 radical (unpaired) electrons. The van der Waals surface area contributed by atoms with Crippen molar-refractivity contribution in [3.63, 3.8) is 0 Å². The van der Waals surface area contributed by atoms with Crippen molar-refractivity contribution in [2.45, 2.75) is 0 Å². The van der Waals surface area contributed by atoms with Gasteiger partial charge in [-0.3, -0.25) is 15.3 Å². The summed E-state index contributed by atoms with van der Waals surface area (Å²) >= 11 is 0. The second kappa shape index (κ2) is 10.3. The van der Waals surface area contributed by atoms with Gasteiger partial charge in [-0.25, -0.2) is 14.3 Å². The van der Waals surface area contributed by atoms with E-state index in [1.807, 2.05) is 121 Å². The van der Waals surface area contributed by atoms with Gasteiger partial charge < -0.3 is 5.73 Å². The van der Waals surface area contributed by atoms with Gasteiger partial charge in [0.1, 0.15) is 17.1 Å². The molecule has 190 valence electrons. The summed E-state index contributed by atoms with van der Waals surface area (Å²) in [7, 11) is 0. The second-order valence-electron chi connectivity index (χ2n) is 8.69. The van der Waals surface area contributed by atoms with E-state index < -0.39 is 0 Å². The first-order valence-corrected chi connectivity index (χ1v) is 12.3. The Bertz CT molecular complexity index is 1730. The maximum Gasteiger partial charge on any atom is 0.283 e. The normalized spacial score (nSPS) is 11.4. The van der Waals surface area contributed by atoms with Crippen LogP contribution in [0.15, 0.2) is 131 Å². The van der Waals surface area contributed by atoms with Crippen LogP contribution in [0.25, 0.3) is 22.8 Å². The highest BCUT2D eigenvalue weighted by atomic mass is 16.1. The molecule has 0 atom stereocenters. The predicted molar refractivity (Wildman–Crippen MR) is 153 cm³/mol. The quantitative estimate of drug-likeness (QED) is 0.209. The molecule has 0 aliphatic rings. The van der Waals surface area contributed by atoms with Crippen LogP contribution in [0, 0.1) is 0 Å². The van der Waals surface area contributed by atoms with Gasteiger partial charge in [0, 0.05) is 5.56 Å². The number of hydrazone groups is 1. The molecule has 0 fully saturated rings. The molecule has 9 nitrogen and oxygen atoms in total. The number of benzene rings is 4. The Kier molecular flexibility index (Phi) is 6.28. The number of nitrogens with two attached hydrogens (primary N) is 1. The van der Waals surface area contributed by atoms with Crippen molar-refractivity contribution < 1.29 is 0 Å². The van der Waals surface area contributed by atoms with Crippen molar-refractivity contribution in [2.75, 3.05) is 11.2 Å². The van der Waals surface area contributed by atoms with Gasteiger partial charge in [-0.15, -0.1) is 5.10 Å². The number of nitrogen functional groups attached to an aromatic ring is 1. The molecule has 0 saturated heterocycles. The first-order chi connectivity index (χ1) is 19.2. The van der Waals surface area contributed by atoms with Crippen LogP contribution in [0.5, 0.6) is 0 Å². The molecule has 4 aromatic carbocycles. The van der Waals surface area contributed by atoms with Crippen molar-refractivity contribution in [3.8, 4) is 22.8 Å². The largest absolute Gasteiger partial charge is 0.383 e. The molecule has 0 bridgehead atoms. The molecule has 2 aromatic heterocycles. The van der Waals surface area contributed by atoms with Crippen molar-refractivity contribution in [1.82, 2.24) is 24.5 Å². The van der Waals surface area contributed by atoms with Crippen LogP contribution in [-0.2, 0) is 0 Å². The van der Waals surface area contributed by atoms with E-state index in [2.05, 4.69) is 15.6 Å². The van der Waals surface area contributed by atoms with Gasteiger partial charge in [-0.2, -0.15) is 5.10 Å². The molecule has 0 unspecified atom stereocenters. The summed E-state index contributed by atoms with van der Waals surface area (Å²) in [5.41, 5.74) is 12.5. The fourth-order valence-corrected chi connectivity index (χ4v) is 4.23. The van der Waals surface area contributed by atoms with E-state index in [0.717, 1.165) is 16.9 Å². The minimum Gasteiger partial charge on any atom is -0.383 e. The fraction of sp³-hybridized carbons (Fsp3) is 0. The molecule has 39 heavy (non-hydrogen) atoms. The van der Waals surface area contributed by atoms with Gasteiger partial charge in [-0.1, -0.05) is 84.9 Å². The van der Waals surface area contributed by atoms with Crippen LogP contribution in [0.1, 0.15) is 11.4 Å².